The SMILES string of the molecule is N#CC(=O)Cc1cccc(Br)c1. The molecule has 0 aliphatic heterocycles. The molecular weight excluding hydrogens is 218 g/mol. The van der Waals surface area contributed by atoms with Gasteiger partial charge in [-0.05, 0) is 17.7 Å². The first-order valence-electron chi connectivity index (χ1n) is 3.40. The number of benzene rings is 1. The maximum atomic E-state index is 10.7. The van der Waals surface area contributed by atoms with Gasteiger partial charge < -0.3 is 0 Å². The fraction of sp³-hybridized carbons (Fsp3) is 0.111. The summed E-state index contributed by atoms with van der Waals surface area (Å²) < 4.78 is 0.922. The molecule has 0 atom stereocenters. The molecule has 1 aromatic rings. The lowest BCUT2D eigenvalue weighted by molar-refractivity contribution is -0.113. The molecule has 0 aliphatic carbocycles. The molecule has 0 amide bonds. The molecule has 0 fully saturated rings. The number of nitrogens with zero attached hydrogens (tertiary/aromatic N) is 1. The van der Waals surface area contributed by atoms with E-state index in [1.807, 2.05) is 24.3 Å². The summed E-state index contributed by atoms with van der Waals surface area (Å²) in [4.78, 5) is 10.7. The first-order valence-corrected chi connectivity index (χ1v) is 4.19. The smallest absolute Gasteiger partial charge is 0.236 e. The lowest BCUT2D eigenvalue weighted by Crippen LogP contribution is -1.97. The van der Waals surface area contributed by atoms with Crippen LogP contribution in [0, 0.1) is 11.3 Å². The summed E-state index contributed by atoms with van der Waals surface area (Å²) in [5.41, 5.74) is 0.857. The molecule has 0 N–H and O–H groups in total. The van der Waals surface area contributed by atoms with Crippen molar-refractivity contribution in [2.24, 2.45) is 0 Å². The Balaban J connectivity index is 2.78. The summed E-state index contributed by atoms with van der Waals surface area (Å²) in [5.74, 6) is -0.409. The van der Waals surface area contributed by atoms with Crippen molar-refractivity contribution in [3.05, 3.63) is 34.3 Å². The normalized spacial score (nSPS) is 9.00. The summed E-state index contributed by atoms with van der Waals surface area (Å²) in [6, 6.07) is 8.94. The van der Waals surface area contributed by atoms with Gasteiger partial charge in [-0.25, -0.2) is 0 Å². The van der Waals surface area contributed by atoms with E-state index in [-0.39, 0.29) is 6.42 Å². The molecule has 0 aromatic heterocycles. The lowest BCUT2D eigenvalue weighted by Gasteiger charge is -1.95. The minimum Gasteiger partial charge on any atom is -0.282 e. The Hall–Kier alpha value is -1.14. The highest BCUT2D eigenvalue weighted by Gasteiger charge is 2.00. The second kappa shape index (κ2) is 4.03. The van der Waals surface area contributed by atoms with E-state index in [0.29, 0.717) is 0 Å². The third-order valence-electron chi connectivity index (χ3n) is 1.38. The average Bonchev–Trinajstić information content (AvgIpc) is 2.04. The fourth-order valence-electron chi connectivity index (χ4n) is 0.872. The number of hydrogen-bond acceptors (Lipinski definition) is 2. The van der Waals surface area contributed by atoms with Gasteiger partial charge in [0.2, 0.25) is 5.78 Å². The standard InChI is InChI=1S/C9H6BrNO/c10-8-3-1-2-7(4-8)5-9(12)6-11/h1-4H,5H2. The third kappa shape index (κ3) is 2.48. The number of Topliss-reactive ketones (excluding diaryl/α,β-unsaturated/α-hetero) is 1. The molecule has 1 rings (SSSR count). The zero-order chi connectivity index (χ0) is 8.97. The highest BCUT2D eigenvalue weighted by Crippen LogP contribution is 2.11. The van der Waals surface area contributed by atoms with Crippen molar-refractivity contribution in [2.75, 3.05) is 0 Å². The van der Waals surface area contributed by atoms with Gasteiger partial charge in [-0.1, -0.05) is 28.1 Å². The molecule has 0 saturated carbocycles. The van der Waals surface area contributed by atoms with Gasteiger partial charge >= 0.3 is 0 Å². The van der Waals surface area contributed by atoms with E-state index >= 15 is 0 Å². The van der Waals surface area contributed by atoms with Crippen LogP contribution in [0.2, 0.25) is 0 Å². The Bertz CT molecular complexity index is 341. The number of nitriles is 1. The van der Waals surface area contributed by atoms with Crippen LogP contribution in [0.15, 0.2) is 28.7 Å². The highest BCUT2D eigenvalue weighted by atomic mass is 79.9. The van der Waals surface area contributed by atoms with Crippen LogP contribution in [0.3, 0.4) is 0 Å². The molecule has 0 aliphatic rings. The van der Waals surface area contributed by atoms with Crippen molar-refractivity contribution < 1.29 is 4.79 Å². The summed E-state index contributed by atoms with van der Waals surface area (Å²) in [6.07, 6.45) is 0.190. The Morgan fingerprint density at radius 3 is 2.92 bits per heavy atom. The number of ketones is 1. The number of carbonyl (C=O) groups is 1. The molecule has 12 heavy (non-hydrogen) atoms. The second-order valence-electron chi connectivity index (χ2n) is 2.34. The van der Waals surface area contributed by atoms with Crippen molar-refractivity contribution in [2.45, 2.75) is 6.42 Å². The van der Waals surface area contributed by atoms with Crippen LogP contribution in [-0.4, -0.2) is 5.78 Å². The van der Waals surface area contributed by atoms with Gasteiger partial charge in [-0.15, -0.1) is 0 Å². The van der Waals surface area contributed by atoms with Gasteiger partial charge in [0.25, 0.3) is 0 Å². The van der Waals surface area contributed by atoms with Gasteiger partial charge in [-0.2, -0.15) is 5.26 Å². The first kappa shape index (κ1) is 8.95. The van der Waals surface area contributed by atoms with E-state index in [4.69, 9.17) is 5.26 Å². The van der Waals surface area contributed by atoms with Gasteiger partial charge in [0.15, 0.2) is 0 Å². The number of halogens is 1. The van der Waals surface area contributed by atoms with Crippen LogP contribution in [0.5, 0.6) is 0 Å². The lowest BCUT2D eigenvalue weighted by atomic mass is 10.1. The van der Waals surface area contributed by atoms with Crippen LogP contribution in [-0.2, 0) is 11.2 Å². The predicted molar refractivity (Wildman–Crippen MR) is 48.5 cm³/mol. The molecule has 1 aromatic carbocycles. The maximum absolute atomic E-state index is 10.7. The number of hydrogen-bond donors (Lipinski definition) is 0. The quantitative estimate of drug-likeness (QED) is 0.721. The van der Waals surface area contributed by atoms with E-state index in [0.717, 1.165) is 10.0 Å². The maximum Gasteiger partial charge on any atom is 0.236 e. The third-order valence-corrected chi connectivity index (χ3v) is 1.87. The van der Waals surface area contributed by atoms with Crippen molar-refractivity contribution in [3.8, 4) is 6.07 Å². The molecular formula is C9H6BrNO. The van der Waals surface area contributed by atoms with Gasteiger partial charge in [-0.3, -0.25) is 4.79 Å². The monoisotopic (exact) mass is 223 g/mol. The first-order chi connectivity index (χ1) is 5.72. The summed E-state index contributed by atoms with van der Waals surface area (Å²) in [7, 11) is 0. The van der Waals surface area contributed by atoms with E-state index in [2.05, 4.69) is 15.9 Å². The summed E-state index contributed by atoms with van der Waals surface area (Å²) >= 11 is 3.28. The van der Waals surface area contributed by atoms with E-state index < -0.39 is 5.78 Å². The number of rotatable bonds is 2. The molecule has 2 nitrogen and oxygen atoms in total. The molecule has 0 heterocycles. The zero-order valence-electron chi connectivity index (χ0n) is 6.25. The van der Waals surface area contributed by atoms with Gasteiger partial charge in [0.1, 0.15) is 6.07 Å². The van der Waals surface area contributed by atoms with Gasteiger partial charge in [0, 0.05) is 10.9 Å². The van der Waals surface area contributed by atoms with E-state index in [1.54, 1.807) is 6.07 Å². The Morgan fingerprint density at radius 1 is 1.58 bits per heavy atom. The second-order valence-corrected chi connectivity index (χ2v) is 3.26. The van der Waals surface area contributed by atoms with E-state index in [9.17, 15) is 4.79 Å². The Kier molecular flexibility index (Phi) is 3.01. The minimum atomic E-state index is -0.409. The minimum absolute atomic E-state index is 0.190. The number of carbonyl (C=O) groups excluding carboxylic acids is 1. The zero-order valence-corrected chi connectivity index (χ0v) is 7.84. The molecule has 0 bridgehead atoms. The van der Waals surface area contributed by atoms with Crippen molar-refractivity contribution >= 4 is 21.7 Å². The van der Waals surface area contributed by atoms with Crippen molar-refractivity contribution in [3.63, 3.8) is 0 Å². The molecule has 3 heteroatoms. The van der Waals surface area contributed by atoms with Crippen LogP contribution >= 0.6 is 15.9 Å². The van der Waals surface area contributed by atoms with Crippen molar-refractivity contribution in [1.82, 2.24) is 0 Å². The van der Waals surface area contributed by atoms with Crippen molar-refractivity contribution in [1.29, 1.82) is 5.26 Å². The Morgan fingerprint density at radius 2 is 2.33 bits per heavy atom. The summed E-state index contributed by atoms with van der Waals surface area (Å²) in [6.45, 7) is 0. The molecule has 0 unspecified atom stereocenters. The molecule has 0 spiro atoms. The molecule has 0 saturated heterocycles. The molecule has 0 radical (unpaired) electrons. The van der Waals surface area contributed by atoms with Gasteiger partial charge in [0.05, 0.1) is 0 Å². The van der Waals surface area contributed by atoms with Crippen LogP contribution in [0.25, 0.3) is 0 Å². The van der Waals surface area contributed by atoms with Crippen LogP contribution < -0.4 is 0 Å². The Labute approximate surface area is 78.9 Å². The molecule has 60 valence electrons. The van der Waals surface area contributed by atoms with Crippen LogP contribution in [0.4, 0.5) is 0 Å². The average molecular weight is 224 g/mol. The predicted octanol–water partition coefficient (Wildman–Crippen LogP) is 2.08. The highest BCUT2D eigenvalue weighted by molar-refractivity contribution is 9.10. The fourth-order valence-corrected chi connectivity index (χ4v) is 1.32. The van der Waals surface area contributed by atoms with E-state index in [1.165, 1.54) is 0 Å². The van der Waals surface area contributed by atoms with Crippen LogP contribution in [0.1, 0.15) is 5.56 Å². The summed E-state index contributed by atoms with van der Waals surface area (Å²) in [5, 5.41) is 8.25. The topological polar surface area (TPSA) is 40.9 Å². The largest absolute Gasteiger partial charge is 0.282 e.